The maximum Gasteiger partial charge on any atom is 0.255 e. The second kappa shape index (κ2) is 10.2. The summed E-state index contributed by atoms with van der Waals surface area (Å²) in [6.45, 7) is 2.72. The molecule has 5 rings (SSSR count). The van der Waals surface area contributed by atoms with Gasteiger partial charge in [0.2, 0.25) is 5.91 Å². The first-order valence-corrected chi connectivity index (χ1v) is 12.5. The highest BCUT2D eigenvalue weighted by atomic mass is 16.5. The predicted octanol–water partition coefficient (Wildman–Crippen LogP) is 4.08. The highest BCUT2D eigenvalue weighted by Crippen LogP contribution is 2.37. The summed E-state index contributed by atoms with van der Waals surface area (Å²) in [7, 11) is 3.82. The van der Waals surface area contributed by atoms with Crippen LogP contribution in [0.2, 0.25) is 0 Å². The SMILES string of the molecule is CN(C)CC(=O)N1C=C2C(CCN2c2ccc(NC(=O)c3ccc(COC4CCC4)cc3)cc2)C1. The minimum absolute atomic E-state index is 0.126. The quantitative estimate of drug-likeness (QED) is 0.625. The lowest BCUT2D eigenvalue weighted by atomic mass is 9.96. The van der Waals surface area contributed by atoms with Crippen molar-refractivity contribution in [2.24, 2.45) is 5.92 Å². The molecule has 1 aliphatic carbocycles. The first kappa shape index (κ1) is 23.6. The Morgan fingerprint density at radius 2 is 1.77 bits per heavy atom. The summed E-state index contributed by atoms with van der Waals surface area (Å²) in [5, 5.41) is 2.99. The maximum absolute atomic E-state index is 12.7. The topological polar surface area (TPSA) is 65.1 Å². The Morgan fingerprint density at radius 1 is 1.03 bits per heavy atom. The van der Waals surface area contributed by atoms with Crippen molar-refractivity contribution >= 4 is 23.2 Å². The number of nitrogens with one attached hydrogen (secondary N) is 1. The van der Waals surface area contributed by atoms with E-state index in [0.29, 0.717) is 30.7 Å². The van der Waals surface area contributed by atoms with E-state index in [1.807, 2.05) is 78.6 Å². The lowest BCUT2D eigenvalue weighted by Crippen LogP contribution is -2.34. The largest absolute Gasteiger partial charge is 0.374 e. The monoisotopic (exact) mass is 474 g/mol. The van der Waals surface area contributed by atoms with Crippen LogP contribution in [0.15, 0.2) is 60.4 Å². The number of benzene rings is 2. The number of nitrogens with zero attached hydrogens (tertiary/aromatic N) is 3. The molecule has 2 aliphatic heterocycles. The number of carbonyl (C=O) groups excluding carboxylic acids is 2. The average molecular weight is 475 g/mol. The molecule has 3 aliphatic rings. The van der Waals surface area contributed by atoms with Crippen molar-refractivity contribution < 1.29 is 14.3 Å². The minimum atomic E-state index is -0.126. The van der Waals surface area contributed by atoms with E-state index < -0.39 is 0 Å². The first-order valence-electron chi connectivity index (χ1n) is 12.5. The standard InChI is InChI=1S/C28H34N4O3/c1-30(2)18-27(33)31-16-22-14-15-32(26(22)17-31)24-12-10-23(11-13-24)29-28(34)21-8-6-20(7-9-21)19-35-25-4-3-5-25/h6-13,17,22,25H,3-5,14-16,18-19H2,1-2H3,(H,29,34). The van der Waals surface area contributed by atoms with Crippen LogP contribution in [0.3, 0.4) is 0 Å². The molecule has 2 heterocycles. The summed E-state index contributed by atoms with van der Waals surface area (Å²) in [6.07, 6.45) is 7.03. The van der Waals surface area contributed by atoms with E-state index in [4.69, 9.17) is 4.74 Å². The Hall–Kier alpha value is -3.16. The van der Waals surface area contributed by atoms with Crippen LogP contribution in [0.25, 0.3) is 0 Å². The molecule has 0 radical (unpaired) electrons. The third-order valence-corrected chi connectivity index (χ3v) is 7.10. The van der Waals surface area contributed by atoms with Gasteiger partial charge in [-0.25, -0.2) is 0 Å². The Bertz CT molecular complexity index is 1090. The number of amides is 2. The molecule has 0 spiro atoms. The fraction of sp³-hybridized carbons (Fsp3) is 0.429. The van der Waals surface area contributed by atoms with Gasteiger partial charge in [-0.1, -0.05) is 12.1 Å². The van der Waals surface area contributed by atoms with Crippen LogP contribution in [-0.2, 0) is 16.1 Å². The predicted molar refractivity (Wildman–Crippen MR) is 137 cm³/mol. The van der Waals surface area contributed by atoms with E-state index in [1.54, 1.807) is 0 Å². The van der Waals surface area contributed by atoms with Crippen LogP contribution in [0.5, 0.6) is 0 Å². The molecule has 7 heteroatoms. The van der Waals surface area contributed by atoms with Crippen molar-refractivity contribution in [3.8, 4) is 0 Å². The normalized spacial score (nSPS) is 19.5. The minimum Gasteiger partial charge on any atom is -0.374 e. The summed E-state index contributed by atoms with van der Waals surface area (Å²) in [6, 6.07) is 15.6. The van der Waals surface area contributed by atoms with Crippen LogP contribution in [0.4, 0.5) is 11.4 Å². The van der Waals surface area contributed by atoms with Crippen molar-refractivity contribution in [2.75, 3.05) is 43.9 Å². The van der Waals surface area contributed by atoms with Crippen LogP contribution in [-0.4, -0.2) is 61.4 Å². The molecule has 7 nitrogen and oxygen atoms in total. The van der Waals surface area contributed by atoms with Gasteiger partial charge in [0.1, 0.15) is 0 Å². The van der Waals surface area contributed by atoms with Gasteiger partial charge in [-0.05, 0) is 81.7 Å². The Kier molecular flexibility index (Phi) is 6.88. The molecule has 0 aromatic heterocycles. The van der Waals surface area contributed by atoms with Crippen LogP contribution in [0.1, 0.15) is 41.6 Å². The molecule has 1 unspecified atom stereocenters. The second-order valence-electron chi connectivity index (χ2n) is 10.0. The summed E-state index contributed by atoms with van der Waals surface area (Å²) in [5.41, 5.74) is 4.76. The van der Waals surface area contributed by atoms with Gasteiger partial charge in [-0.2, -0.15) is 0 Å². The average Bonchev–Trinajstić information content (AvgIpc) is 3.40. The number of anilines is 2. The number of hydrogen-bond donors (Lipinski definition) is 1. The fourth-order valence-electron chi connectivity index (χ4n) is 4.84. The zero-order valence-corrected chi connectivity index (χ0v) is 20.6. The third kappa shape index (κ3) is 5.41. The number of ether oxygens (including phenoxy) is 1. The summed E-state index contributed by atoms with van der Waals surface area (Å²) < 4.78 is 5.84. The van der Waals surface area contributed by atoms with Crippen molar-refractivity contribution in [2.45, 2.75) is 38.4 Å². The van der Waals surface area contributed by atoms with Crippen molar-refractivity contribution in [3.05, 3.63) is 71.6 Å². The van der Waals surface area contributed by atoms with Crippen molar-refractivity contribution in [1.82, 2.24) is 9.80 Å². The third-order valence-electron chi connectivity index (χ3n) is 7.10. The molecule has 1 saturated heterocycles. The second-order valence-corrected chi connectivity index (χ2v) is 10.0. The molecule has 1 saturated carbocycles. The molecular formula is C28H34N4O3. The number of rotatable bonds is 8. The molecule has 2 amide bonds. The zero-order chi connectivity index (χ0) is 24.4. The Morgan fingerprint density at radius 3 is 2.43 bits per heavy atom. The lowest BCUT2D eigenvalue weighted by molar-refractivity contribution is -0.129. The smallest absolute Gasteiger partial charge is 0.255 e. The Balaban J connectivity index is 1.17. The molecule has 1 N–H and O–H groups in total. The van der Waals surface area contributed by atoms with E-state index in [2.05, 4.69) is 10.2 Å². The highest BCUT2D eigenvalue weighted by molar-refractivity contribution is 6.04. The number of fused-ring (bicyclic) bond motifs is 1. The van der Waals surface area contributed by atoms with Gasteiger partial charge in [-0.15, -0.1) is 0 Å². The number of carbonyl (C=O) groups is 2. The lowest BCUT2D eigenvalue weighted by Gasteiger charge is -2.25. The van der Waals surface area contributed by atoms with Crippen LogP contribution in [0, 0.1) is 5.92 Å². The molecule has 0 bridgehead atoms. The van der Waals surface area contributed by atoms with E-state index >= 15 is 0 Å². The number of hydrogen-bond acceptors (Lipinski definition) is 5. The highest BCUT2D eigenvalue weighted by Gasteiger charge is 2.36. The van der Waals surface area contributed by atoms with Gasteiger partial charge >= 0.3 is 0 Å². The zero-order valence-electron chi connectivity index (χ0n) is 20.6. The van der Waals surface area contributed by atoms with E-state index in [9.17, 15) is 9.59 Å². The maximum atomic E-state index is 12.7. The number of likely N-dealkylation sites (N-methyl/N-ethyl adjacent to an activating group) is 1. The molecule has 35 heavy (non-hydrogen) atoms. The van der Waals surface area contributed by atoms with Crippen LogP contribution >= 0.6 is 0 Å². The van der Waals surface area contributed by atoms with E-state index in [1.165, 1.54) is 12.1 Å². The molecule has 2 aromatic rings. The molecular weight excluding hydrogens is 440 g/mol. The molecule has 1 atom stereocenters. The van der Waals surface area contributed by atoms with E-state index in [0.717, 1.165) is 49.3 Å². The van der Waals surface area contributed by atoms with Gasteiger partial charge in [0, 0.05) is 47.8 Å². The summed E-state index contributed by atoms with van der Waals surface area (Å²) in [4.78, 5) is 31.2. The Labute approximate surface area is 207 Å². The first-order chi connectivity index (χ1) is 17.0. The summed E-state index contributed by atoms with van der Waals surface area (Å²) in [5.74, 6) is 0.399. The van der Waals surface area contributed by atoms with Gasteiger partial charge in [0.25, 0.3) is 5.91 Å². The molecule has 184 valence electrons. The van der Waals surface area contributed by atoms with Gasteiger partial charge in [-0.3, -0.25) is 9.59 Å². The van der Waals surface area contributed by atoms with E-state index in [-0.39, 0.29) is 11.8 Å². The summed E-state index contributed by atoms with van der Waals surface area (Å²) >= 11 is 0. The molecule has 2 aromatic carbocycles. The van der Waals surface area contributed by atoms with Crippen molar-refractivity contribution in [1.29, 1.82) is 0 Å². The van der Waals surface area contributed by atoms with Gasteiger partial charge < -0.3 is 24.8 Å². The van der Waals surface area contributed by atoms with Gasteiger partial charge in [0.05, 0.1) is 19.3 Å². The fourth-order valence-corrected chi connectivity index (χ4v) is 4.84. The van der Waals surface area contributed by atoms with Gasteiger partial charge in [0.15, 0.2) is 0 Å². The van der Waals surface area contributed by atoms with Crippen LogP contribution < -0.4 is 10.2 Å². The van der Waals surface area contributed by atoms with Crippen molar-refractivity contribution in [3.63, 3.8) is 0 Å². The molecule has 2 fully saturated rings.